The summed E-state index contributed by atoms with van der Waals surface area (Å²) in [7, 11) is 4.06. The van der Waals surface area contributed by atoms with Crippen molar-refractivity contribution in [3.8, 4) is 0 Å². The minimum Gasteiger partial charge on any atom is -0.284 e. The van der Waals surface area contributed by atoms with Gasteiger partial charge in [-0.05, 0) is 0 Å². The zero-order chi connectivity index (χ0) is 4.99. The molecule has 0 radical (unpaired) electrons. The van der Waals surface area contributed by atoms with Crippen LogP contribution in [0.25, 0.3) is 0 Å². The lowest BCUT2D eigenvalue weighted by molar-refractivity contribution is 0.374. The van der Waals surface area contributed by atoms with Crippen molar-refractivity contribution in [2.45, 2.75) is 6.55 Å². The third-order valence-electron chi connectivity index (χ3n) is 0.474. The summed E-state index contributed by atoms with van der Waals surface area (Å²) >= 11 is 0. The van der Waals surface area contributed by atoms with Crippen LogP contribution in [0.4, 0.5) is 0 Å². The Hall–Kier alpha value is 0.137. The molecular formula is C3H12N2Si. The molecule has 2 nitrogen and oxygen atoms in total. The van der Waals surface area contributed by atoms with Crippen LogP contribution in [0.1, 0.15) is 0 Å². The fourth-order valence-electron chi connectivity index (χ4n) is 0.316. The average Bonchev–Trinajstić information content (AvgIpc) is 1.35. The zero-order valence-corrected chi connectivity index (χ0v) is 6.07. The SMILES string of the molecule is C[SiH2]NN(C)C. The fraction of sp³-hybridized carbons (Fsp3) is 1.00. The third-order valence-corrected chi connectivity index (χ3v) is 1.42. The van der Waals surface area contributed by atoms with Crippen LogP contribution in [0.15, 0.2) is 0 Å². The van der Waals surface area contributed by atoms with Gasteiger partial charge in [0.2, 0.25) is 0 Å². The molecule has 6 heavy (non-hydrogen) atoms. The van der Waals surface area contributed by atoms with E-state index in [1.165, 1.54) is 0 Å². The second kappa shape index (κ2) is 3.33. The molecule has 0 aliphatic rings. The largest absolute Gasteiger partial charge is 0.284 e. The maximum absolute atomic E-state index is 3.18. The first kappa shape index (κ1) is 6.14. The molecule has 0 aromatic rings. The molecule has 0 saturated carbocycles. The zero-order valence-electron chi connectivity index (χ0n) is 4.65. The summed E-state index contributed by atoms with van der Waals surface area (Å²) in [6.07, 6.45) is 0. The molecule has 0 fully saturated rings. The molecule has 0 bridgehead atoms. The van der Waals surface area contributed by atoms with Gasteiger partial charge in [-0.15, -0.1) is 0 Å². The van der Waals surface area contributed by atoms with Gasteiger partial charge in [-0.25, -0.2) is 0 Å². The van der Waals surface area contributed by atoms with Crippen molar-refractivity contribution in [1.29, 1.82) is 0 Å². The highest BCUT2D eigenvalue weighted by atomic mass is 28.2. The number of rotatable bonds is 2. The van der Waals surface area contributed by atoms with Crippen molar-refractivity contribution in [2.24, 2.45) is 0 Å². The summed E-state index contributed by atoms with van der Waals surface area (Å²) in [6, 6.07) is 0. The Morgan fingerprint density at radius 1 is 1.50 bits per heavy atom. The minimum absolute atomic E-state index is 0.0424. The van der Waals surface area contributed by atoms with E-state index >= 15 is 0 Å². The first-order valence-corrected chi connectivity index (χ1v) is 4.30. The number of nitrogens with one attached hydrogen (secondary N) is 1. The van der Waals surface area contributed by atoms with Crippen molar-refractivity contribution in [3.05, 3.63) is 0 Å². The minimum atomic E-state index is 0.0424. The van der Waals surface area contributed by atoms with Crippen molar-refractivity contribution >= 4 is 9.68 Å². The number of hydrogen-bond donors (Lipinski definition) is 1. The molecule has 0 atom stereocenters. The van der Waals surface area contributed by atoms with Crippen LogP contribution < -0.4 is 5.09 Å². The van der Waals surface area contributed by atoms with Crippen molar-refractivity contribution in [3.63, 3.8) is 0 Å². The van der Waals surface area contributed by atoms with Gasteiger partial charge in [-0.1, -0.05) is 6.55 Å². The average molecular weight is 104 g/mol. The van der Waals surface area contributed by atoms with Gasteiger partial charge in [-0.3, -0.25) is 10.1 Å². The summed E-state index contributed by atoms with van der Waals surface area (Å²) in [4.78, 5) is 0. The van der Waals surface area contributed by atoms with Crippen LogP contribution >= 0.6 is 0 Å². The van der Waals surface area contributed by atoms with Gasteiger partial charge < -0.3 is 0 Å². The Morgan fingerprint density at radius 3 is 2.00 bits per heavy atom. The standard InChI is InChI=1S/C3H12N2Si/c1-5(2)4-6-3/h4H,6H2,1-3H3. The Labute approximate surface area is 41.4 Å². The summed E-state index contributed by atoms with van der Waals surface area (Å²) in [5.74, 6) is 0. The Balaban J connectivity index is 2.63. The number of hydrazine groups is 1. The van der Waals surface area contributed by atoms with Crippen LogP contribution in [0.2, 0.25) is 6.55 Å². The Bertz CT molecular complexity index is 30.0. The monoisotopic (exact) mass is 104 g/mol. The first-order chi connectivity index (χ1) is 2.77. The van der Waals surface area contributed by atoms with Crippen molar-refractivity contribution < 1.29 is 0 Å². The predicted octanol–water partition coefficient (Wildman–Crippen LogP) is -0.816. The molecular weight excluding hydrogens is 92.1 g/mol. The van der Waals surface area contributed by atoms with Crippen LogP contribution in [0.5, 0.6) is 0 Å². The van der Waals surface area contributed by atoms with Crippen LogP contribution in [0, 0.1) is 0 Å². The van der Waals surface area contributed by atoms with E-state index in [0.717, 1.165) is 0 Å². The van der Waals surface area contributed by atoms with Gasteiger partial charge in [0, 0.05) is 14.1 Å². The number of hydrogen-bond acceptors (Lipinski definition) is 2. The highest BCUT2D eigenvalue weighted by Crippen LogP contribution is 1.55. The van der Waals surface area contributed by atoms with E-state index in [1.54, 1.807) is 0 Å². The third kappa shape index (κ3) is 4.14. The Morgan fingerprint density at radius 2 is 2.00 bits per heavy atom. The maximum atomic E-state index is 3.18. The molecule has 0 spiro atoms. The Kier molecular flexibility index (Phi) is 3.41. The quantitative estimate of drug-likeness (QED) is 0.364. The van der Waals surface area contributed by atoms with E-state index < -0.39 is 0 Å². The summed E-state index contributed by atoms with van der Waals surface area (Å²) < 4.78 is 0. The summed E-state index contributed by atoms with van der Waals surface area (Å²) in [5.41, 5.74) is 0. The van der Waals surface area contributed by atoms with Gasteiger partial charge >= 0.3 is 0 Å². The normalized spacial score (nSPS) is 12.0. The van der Waals surface area contributed by atoms with E-state index in [-0.39, 0.29) is 9.68 Å². The van der Waals surface area contributed by atoms with E-state index in [0.29, 0.717) is 0 Å². The van der Waals surface area contributed by atoms with Crippen LogP contribution in [0.3, 0.4) is 0 Å². The van der Waals surface area contributed by atoms with Gasteiger partial charge in [0.25, 0.3) is 0 Å². The molecule has 0 aliphatic carbocycles. The molecule has 0 aromatic heterocycles. The van der Waals surface area contributed by atoms with Gasteiger partial charge in [0.1, 0.15) is 9.68 Å². The first-order valence-electron chi connectivity index (χ1n) is 2.18. The second-order valence-corrected chi connectivity index (χ2v) is 2.43. The highest BCUT2D eigenvalue weighted by molar-refractivity contribution is 6.29. The maximum Gasteiger partial charge on any atom is 0.107 e. The smallest absolute Gasteiger partial charge is 0.107 e. The van der Waals surface area contributed by atoms with E-state index in [4.69, 9.17) is 0 Å². The van der Waals surface area contributed by atoms with E-state index in [2.05, 4.69) is 11.6 Å². The summed E-state index contributed by atoms with van der Waals surface area (Å²) in [6.45, 7) is 2.21. The van der Waals surface area contributed by atoms with Crippen molar-refractivity contribution in [2.75, 3.05) is 14.1 Å². The van der Waals surface area contributed by atoms with E-state index in [1.807, 2.05) is 19.1 Å². The molecule has 0 aromatic carbocycles. The molecule has 0 heterocycles. The lowest BCUT2D eigenvalue weighted by Gasteiger charge is -2.07. The molecule has 1 N–H and O–H groups in total. The lowest BCUT2D eigenvalue weighted by Crippen LogP contribution is -2.31. The van der Waals surface area contributed by atoms with Gasteiger partial charge in [0.15, 0.2) is 0 Å². The molecule has 0 saturated heterocycles. The number of nitrogens with zero attached hydrogens (tertiary/aromatic N) is 1. The van der Waals surface area contributed by atoms with Crippen molar-refractivity contribution in [1.82, 2.24) is 10.1 Å². The second-order valence-electron chi connectivity index (χ2n) is 1.41. The topological polar surface area (TPSA) is 15.3 Å². The highest BCUT2D eigenvalue weighted by Gasteiger charge is 1.76. The van der Waals surface area contributed by atoms with Gasteiger partial charge in [0.05, 0.1) is 0 Å². The van der Waals surface area contributed by atoms with E-state index in [9.17, 15) is 0 Å². The molecule has 0 aliphatic heterocycles. The van der Waals surface area contributed by atoms with Gasteiger partial charge in [-0.2, -0.15) is 0 Å². The van der Waals surface area contributed by atoms with Crippen LogP contribution in [-0.2, 0) is 0 Å². The predicted molar refractivity (Wildman–Crippen MR) is 31.2 cm³/mol. The molecule has 0 amide bonds. The molecule has 0 unspecified atom stereocenters. The molecule has 3 heteroatoms. The van der Waals surface area contributed by atoms with Crippen LogP contribution in [-0.4, -0.2) is 28.8 Å². The lowest BCUT2D eigenvalue weighted by atomic mass is 11.2. The fourth-order valence-corrected chi connectivity index (χ4v) is 0.949. The molecule has 0 rings (SSSR count). The summed E-state index contributed by atoms with van der Waals surface area (Å²) in [5, 5.41) is 5.17. The molecule has 38 valence electrons.